The number of aryl methyl sites for hydroxylation is 1. The van der Waals surface area contributed by atoms with Crippen LogP contribution < -0.4 is 5.32 Å². The van der Waals surface area contributed by atoms with Gasteiger partial charge in [0.05, 0.1) is 23.9 Å². The number of nitrogens with zero attached hydrogens (tertiary/aromatic N) is 2. The summed E-state index contributed by atoms with van der Waals surface area (Å²) in [6, 6.07) is 3.26. The molecule has 1 aromatic heterocycles. The summed E-state index contributed by atoms with van der Waals surface area (Å²) >= 11 is 0. The lowest BCUT2D eigenvalue weighted by Gasteiger charge is -2.35. The highest BCUT2D eigenvalue weighted by atomic mass is 16.6. The summed E-state index contributed by atoms with van der Waals surface area (Å²) in [4.78, 5) is 30.7. The Hall–Kier alpha value is -2.15. The molecule has 1 saturated heterocycles. The number of carbonyl (C=O) groups excluding carboxylic acids is 2. The molecule has 1 amide bonds. The van der Waals surface area contributed by atoms with Gasteiger partial charge in [-0.15, -0.1) is 0 Å². The minimum Gasteiger partial charge on any atom is -0.462 e. The van der Waals surface area contributed by atoms with Gasteiger partial charge in [0.1, 0.15) is 5.60 Å². The zero-order valence-corrected chi connectivity index (χ0v) is 15.6. The quantitative estimate of drug-likeness (QED) is 0.844. The molecule has 0 spiro atoms. The summed E-state index contributed by atoms with van der Waals surface area (Å²) in [5, 5.41) is 3.33. The second-order valence-corrected chi connectivity index (χ2v) is 7.04. The first-order chi connectivity index (χ1) is 11.7. The lowest BCUT2D eigenvalue weighted by Crippen LogP contribution is -2.50. The number of piperazine rings is 1. The third kappa shape index (κ3) is 5.16. The van der Waals surface area contributed by atoms with Crippen molar-refractivity contribution >= 4 is 12.1 Å². The predicted molar refractivity (Wildman–Crippen MR) is 93.5 cm³/mol. The maximum absolute atomic E-state index is 12.3. The smallest absolute Gasteiger partial charge is 0.410 e. The number of nitrogens with one attached hydrogen (secondary N) is 1. The number of hydrogen-bond donors (Lipinski definition) is 1. The molecule has 25 heavy (non-hydrogen) atoms. The molecule has 0 saturated carbocycles. The summed E-state index contributed by atoms with van der Waals surface area (Å²) < 4.78 is 10.6. The van der Waals surface area contributed by atoms with Crippen molar-refractivity contribution in [3.63, 3.8) is 0 Å². The molecule has 0 bridgehead atoms. The fourth-order valence-electron chi connectivity index (χ4n) is 2.65. The van der Waals surface area contributed by atoms with Gasteiger partial charge in [0, 0.05) is 25.3 Å². The zero-order chi connectivity index (χ0) is 18.6. The minimum atomic E-state index is -0.546. The number of amides is 1. The van der Waals surface area contributed by atoms with Gasteiger partial charge < -0.3 is 19.7 Å². The van der Waals surface area contributed by atoms with Crippen molar-refractivity contribution in [3.05, 3.63) is 29.1 Å². The molecule has 2 heterocycles. The fraction of sp³-hybridized carbons (Fsp3) is 0.611. The second kappa shape index (κ2) is 7.82. The van der Waals surface area contributed by atoms with E-state index in [-0.39, 0.29) is 12.1 Å². The summed E-state index contributed by atoms with van der Waals surface area (Å²) in [5.74, 6) is -0.402. The Balaban J connectivity index is 2.22. The van der Waals surface area contributed by atoms with Crippen LogP contribution in [0, 0.1) is 6.92 Å². The Morgan fingerprint density at radius 3 is 2.72 bits per heavy atom. The SMILES string of the molecule is CCOC(=O)c1ccc(C)nc1C1CN(C(=O)OC(C)(C)C)CCN1. The Bertz CT molecular complexity index is 640. The minimum absolute atomic E-state index is 0.249. The standard InChI is InChI=1S/C18H27N3O4/c1-6-24-16(22)13-8-7-12(2)20-15(13)14-11-21(10-9-19-14)17(23)25-18(3,4)5/h7-8,14,19H,6,9-11H2,1-5H3. The van der Waals surface area contributed by atoms with Gasteiger partial charge in [-0.3, -0.25) is 4.98 Å². The van der Waals surface area contributed by atoms with Crippen LogP contribution in [0.2, 0.25) is 0 Å². The molecule has 2 rings (SSSR count). The van der Waals surface area contributed by atoms with E-state index in [0.29, 0.717) is 37.5 Å². The van der Waals surface area contributed by atoms with E-state index >= 15 is 0 Å². The van der Waals surface area contributed by atoms with E-state index in [1.807, 2.05) is 27.7 Å². The van der Waals surface area contributed by atoms with Gasteiger partial charge in [-0.05, 0) is 46.8 Å². The number of ether oxygens (including phenoxy) is 2. The van der Waals surface area contributed by atoms with E-state index in [1.54, 1.807) is 24.0 Å². The first-order valence-electron chi connectivity index (χ1n) is 8.57. The molecular weight excluding hydrogens is 322 g/mol. The van der Waals surface area contributed by atoms with Crippen molar-refractivity contribution in [2.24, 2.45) is 0 Å². The molecule has 0 aromatic carbocycles. The van der Waals surface area contributed by atoms with Crippen molar-refractivity contribution in [2.75, 3.05) is 26.2 Å². The van der Waals surface area contributed by atoms with E-state index in [0.717, 1.165) is 5.69 Å². The Morgan fingerprint density at radius 2 is 2.08 bits per heavy atom. The number of hydrogen-bond acceptors (Lipinski definition) is 6. The van der Waals surface area contributed by atoms with Gasteiger partial charge >= 0.3 is 12.1 Å². The second-order valence-electron chi connectivity index (χ2n) is 7.04. The van der Waals surface area contributed by atoms with Crippen LogP contribution in [0.4, 0.5) is 4.79 Å². The van der Waals surface area contributed by atoms with Gasteiger partial charge in [0.25, 0.3) is 0 Å². The average Bonchev–Trinajstić information content (AvgIpc) is 2.53. The van der Waals surface area contributed by atoms with Crippen LogP contribution in [0.1, 0.15) is 55.5 Å². The molecule has 0 aliphatic carbocycles. The molecule has 0 radical (unpaired) electrons. The van der Waals surface area contributed by atoms with Crippen LogP contribution in [0.5, 0.6) is 0 Å². The Kier molecular flexibility index (Phi) is 6.00. The number of aromatic nitrogens is 1. The highest BCUT2D eigenvalue weighted by molar-refractivity contribution is 5.90. The summed E-state index contributed by atoms with van der Waals surface area (Å²) in [6.45, 7) is 11.0. The third-order valence-electron chi connectivity index (χ3n) is 3.72. The van der Waals surface area contributed by atoms with Crippen LogP contribution in [-0.4, -0.2) is 53.8 Å². The van der Waals surface area contributed by atoms with Crippen LogP contribution in [-0.2, 0) is 9.47 Å². The summed E-state index contributed by atoms with van der Waals surface area (Å²) in [6.07, 6.45) is -0.357. The zero-order valence-electron chi connectivity index (χ0n) is 15.6. The Labute approximate surface area is 148 Å². The van der Waals surface area contributed by atoms with Crippen LogP contribution in [0.15, 0.2) is 12.1 Å². The van der Waals surface area contributed by atoms with Gasteiger partial charge in [0.15, 0.2) is 0 Å². The van der Waals surface area contributed by atoms with Crippen molar-refractivity contribution < 1.29 is 19.1 Å². The largest absolute Gasteiger partial charge is 0.462 e. The van der Waals surface area contributed by atoms with Gasteiger partial charge in [-0.25, -0.2) is 9.59 Å². The molecular formula is C18H27N3O4. The number of rotatable bonds is 3. The highest BCUT2D eigenvalue weighted by Crippen LogP contribution is 2.22. The normalized spacial score (nSPS) is 18.0. The monoisotopic (exact) mass is 349 g/mol. The lowest BCUT2D eigenvalue weighted by molar-refractivity contribution is 0.0193. The number of carbonyl (C=O) groups is 2. The van der Waals surface area contributed by atoms with Crippen molar-refractivity contribution in [1.29, 1.82) is 0 Å². The molecule has 1 fully saturated rings. The molecule has 1 aliphatic rings. The topological polar surface area (TPSA) is 80.8 Å². The van der Waals surface area contributed by atoms with Crippen LogP contribution in [0.25, 0.3) is 0 Å². The molecule has 1 aromatic rings. The van der Waals surface area contributed by atoms with Crippen LogP contribution in [0.3, 0.4) is 0 Å². The number of pyridine rings is 1. The molecule has 1 unspecified atom stereocenters. The molecule has 1 aliphatic heterocycles. The van der Waals surface area contributed by atoms with Crippen molar-refractivity contribution in [2.45, 2.75) is 46.3 Å². The van der Waals surface area contributed by atoms with E-state index in [1.165, 1.54) is 0 Å². The predicted octanol–water partition coefficient (Wildman–Crippen LogP) is 2.45. The maximum atomic E-state index is 12.3. The van der Waals surface area contributed by atoms with Crippen molar-refractivity contribution in [1.82, 2.24) is 15.2 Å². The first kappa shape index (κ1) is 19.2. The molecule has 138 valence electrons. The highest BCUT2D eigenvalue weighted by Gasteiger charge is 2.31. The van der Waals surface area contributed by atoms with E-state index < -0.39 is 11.6 Å². The van der Waals surface area contributed by atoms with E-state index in [4.69, 9.17) is 9.47 Å². The van der Waals surface area contributed by atoms with E-state index in [2.05, 4.69) is 10.3 Å². The van der Waals surface area contributed by atoms with E-state index in [9.17, 15) is 9.59 Å². The summed E-state index contributed by atoms with van der Waals surface area (Å²) in [5.41, 5.74) is 1.29. The molecule has 1 atom stereocenters. The molecule has 7 nitrogen and oxygen atoms in total. The maximum Gasteiger partial charge on any atom is 0.410 e. The lowest BCUT2D eigenvalue weighted by atomic mass is 10.0. The Morgan fingerprint density at radius 1 is 1.36 bits per heavy atom. The summed E-state index contributed by atoms with van der Waals surface area (Å²) in [7, 11) is 0. The first-order valence-corrected chi connectivity index (χ1v) is 8.57. The van der Waals surface area contributed by atoms with Gasteiger partial charge in [-0.2, -0.15) is 0 Å². The molecule has 1 N–H and O–H groups in total. The van der Waals surface area contributed by atoms with Crippen LogP contribution >= 0.6 is 0 Å². The average molecular weight is 349 g/mol. The fourth-order valence-corrected chi connectivity index (χ4v) is 2.65. The van der Waals surface area contributed by atoms with Gasteiger partial charge in [0.2, 0.25) is 0 Å². The number of esters is 1. The molecule has 7 heteroatoms. The van der Waals surface area contributed by atoms with Gasteiger partial charge in [-0.1, -0.05) is 0 Å². The van der Waals surface area contributed by atoms with Crippen molar-refractivity contribution in [3.8, 4) is 0 Å². The third-order valence-corrected chi connectivity index (χ3v) is 3.72.